The van der Waals surface area contributed by atoms with E-state index in [4.69, 9.17) is 0 Å². The molecule has 2 aliphatic rings. The van der Waals surface area contributed by atoms with Crippen LogP contribution in [0.5, 0.6) is 0 Å². The highest BCUT2D eigenvalue weighted by atomic mass is 32.2. The number of rotatable bonds is 5. The number of benzene rings is 2. The van der Waals surface area contributed by atoms with Crippen molar-refractivity contribution in [3.8, 4) is 0 Å². The fraction of sp³-hybridized carbons (Fsp3) is 0.368. The molecule has 0 unspecified atom stereocenters. The minimum absolute atomic E-state index is 0.0405. The van der Waals surface area contributed by atoms with E-state index in [0.717, 1.165) is 30.2 Å². The molecule has 0 radical (unpaired) electrons. The van der Waals surface area contributed by atoms with Crippen molar-refractivity contribution in [1.29, 1.82) is 0 Å². The van der Waals surface area contributed by atoms with E-state index < -0.39 is 16.0 Å². The molecular weight excluding hydrogens is 367 g/mol. The molecule has 0 aliphatic carbocycles. The summed E-state index contributed by atoms with van der Waals surface area (Å²) in [4.78, 5) is 0. The summed E-state index contributed by atoms with van der Waals surface area (Å²) >= 11 is 0. The molecule has 2 aromatic rings. The summed E-state index contributed by atoms with van der Waals surface area (Å²) in [5.74, 6) is -0.564. The smallest absolute Gasteiger partial charge is 0.317 e. The third-order valence-corrected chi connectivity index (χ3v) is 6.83. The maximum atomic E-state index is 14.4. The summed E-state index contributed by atoms with van der Waals surface area (Å²) in [7, 11) is -3.89. The van der Waals surface area contributed by atoms with Gasteiger partial charge in [0.2, 0.25) is 0 Å². The van der Waals surface area contributed by atoms with Crippen molar-refractivity contribution in [2.24, 2.45) is 0 Å². The van der Waals surface area contributed by atoms with Gasteiger partial charge >= 0.3 is 10.2 Å². The van der Waals surface area contributed by atoms with Crippen LogP contribution in [-0.2, 0) is 10.2 Å². The number of nitrogens with zero attached hydrogens (tertiary/aromatic N) is 2. The molecule has 2 heterocycles. The summed E-state index contributed by atoms with van der Waals surface area (Å²) in [6, 6.07) is 13.4. The average molecular weight is 390 g/mol. The van der Waals surface area contributed by atoms with Gasteiger partial charge in [-0.15, -0.1) is 0 Å². The molecule has 2 aromatic carbocycles. The average Bonchev–Trinajstić information content (AvgIpc) is 2.90. The highest BCUT2D eigenvalue weighted by molar-refractivity contribution is 7.95. The Morgan fingerprint density at radius 3 is 2.33 bits per heavy atom. The van der Waals surface area contributed by atoms with Gasteiger partial charge in [-0.3, -0.25) is 0 Å². The summed E-state index contributed by atoms with van der Waals surface area (Å²) < 4.78 is 43.3. The molecule has 2 N–H and O–H groups in total. The molecule has 1 fully saturated rings. The fourth-order valence-corrected chi connectivity index (χ4v) is 5.42. The first-order valence-electron chi connectivity index (χ1n) is 9.20. The number of piperidine rings is 1. The second-order valence-electron chi connectivity index (χ2n) is 6.76. The van der Waals surface area contributed by atoms with Crippen LogP contribution in [0.3, 0.4) is 0 Å². The minimum atomic E-state index is -3.89. The lowest BCUT2D eigenvalue weighted by Gasteiger charge is -2.26. The molecule has 4 rings (SSSR count). The Bertz CT molecular complexity index is 915. The zero-order valence-corrected chi connectivity index (χ0v) is 15.8. The molecule has 0 amide bonds. The molecule has 2 aliphatic heterocycles. The third-order valence-electron chi connectivity index (χ3n) is 5.04. The van der Waals surface area contributed by atoms with E-state index in [9.17, 15) is 12.8 Å². The lowest BCUT2D eigenvalue weighted by atomic mass is 10.1. The molecule has 0 bridgehead atoms. The molecule has 6 nitrogen and oxygen atoms in total. The largest absolute Gasteiger partial charge is 0.331 e. The molecule has 27 heavy (non-hydrogen) atoms. The van der Waals surface area contributed by atoms with Gasteiger partial charge in [-0.2, -0.15) is 8.42 Å². The summed E-state index contributed by atoms with van der Waals surface area (Å²) in [6.45, 7) is 2.80. The van der Waals surface area contributed by atoms with E-state index in [2.05, 4.69) is 10.6 Å². The molecule has 144 valence electrons. The maximum Gasteiger partial charge on any atom is 0.331 e. The van der Waals surface area contributed by atoms with Gasteiger partial charge in [0.25, 0.3) is 0 Å². The van der Waals surface area contributed by atoms with Crippen molar-refractivity contribution in [1.82, 2.24) is 10.6 Å². The number of para-hydroxylation sites is 3. The van der Waals surface area contributed by atoms with Crippen LogP contribution >= 0.6 is 0 Å². The second-order valence-corrected chi connectivity index (χ2v) is 8.46. The Morgan fingerprint density at radius 1 is 1.00 bits per heavy atom. The molecule has 0 atom stereocenters. The van der Waals surface area contributed by atoms with Gasteiger partial charge in [-0.1, -0.05) is 24.3 Å². The number of fused-ring (bicyclic) bond motifs is 1. The quantitative estimate of drug-likeness (QED) is 0.823. The van der Waals surface area contributed by atoms with E-state index in [1.165, 1.54) is 16.4 Å². The summed E-state index contributed by atoms with van der Waals surface area (Å²) in [6.07, 6.45) is 2.06. The van der Waals surface area contributed by atoms with Gasteiger partial charge in [0.1, 0.15) is 5.82 Å². The predicted molar refractivity (Wildman–Crippen MR) is 105 cm³/mol. The van der Waals surface area contributed by atoms with E-state index in [-0.39, 0.29) is 5.69 Å². The van der Waals surface area contributed by atoms with Crippen LogP contribution in [0.1, 0.15) is 12.8 Å². The van der Waals surface area contributed by atoms with Gasteiger partial charge in [-0.25, -0.2) is 13.0 Å². The molecule has 8 heteroatoms. The minimum Gasteiger partial charge on any atom is -0.317 e. The first-order chi connectivity index (χ1) is 13.1. The Balaban J connectivity index is 1.60. The fourth-order valence-electron chi connectivity index (χ4n) is 3.70. The first-order valence-corrected chi connectivity index (χ1v) is 10.6. The maximum absolute atomic E-state index is 14.4. The summed E-state index contributed by atoms with van der Waals surface area (Å²) in [5, 5.41) is 6.76. The van der Waals surface area contributed by atoms with Gasteiger partial charge in [-0.05, 0) is 50.2 Å². The van der Waals surface area contributed by atoms with E-state index in [0.29, 0.717) is 30.5 Å². The number of nitrogens with one attached hydrogen (secondary N) is 2. The van der Waals surface area contributed by atoms with Crippen molar-refractivity contribution >= 4 is 27.3 Å². The van der Waals surface area contributed by atoms with Crippen LogP contribution in [0.25, 0.3) is 0 Å². The zero-order valence-electron chi connectivity index (χ0n) is 14.9. The zero-order chi connectivity index (χ0) is 18.9. The van der Waals surface area contributed by atoms with Crippen molar-refractivity contribution in [3.63, 3.8) is 0 Å². The highest BCUT2D eigenvalue weighted by Crippen LogP contribution is 2.45. The van der Waals surface area contributed by atoms with Crippen LogP contribution in [-0.4, -0.2) is 40.6 Å². The third kappa shape index (κ3) is 3.40. The number of hydrogen-bond donors (Lipinski definition) is 2. The SMILES string of the molecule is O=S1(=O)N(CCNC2CCNCC2)c2ccccc2N1c1ccccc1F. The van der Waals surface area contributed by atoms with Gasteiger partial charge < -0.3 is 10.6 Å². The van der Waals surface area contributed by atoms with E-state index >= 15 is 0 Å². The van der Waals surface area contributed by atoms with Crippen molar-refractivity contribution in [3.05, 3.63) is 54.3 Å². The van der Waals surface area contributed by atoms with Crippen LogP contribution in [0.15, 0.2) is 48.5 Å². The Morgan fingerprint density at radius 2 is 1.63 bits per heavy atom. The Kier molecular flexibility index (Phi) is 5.03. The monoisotopic (exact) mass is 390 g/mol. The molecular formula is C19H23FN4O2S. The lowest BCUT2D eigenvalue weighted by molar-refractivity contribution is 0.391. The number of anilines is 3. The number of hydrogen-bond acceptors (Lipinski definition) is 4. The molecule has 0 saturated carbocycles. The normalized spacial score (nSPS) is 19.3. The standard InChI is InChI=1S/C19H23FN4O2S/c20-16-5-1-2-6-17(16)24-19-8-4-3-7-18(19)23(27(24,25)26)14-13-22-15-9-11-21-12-10-15/h1-8,15,21-22H,9-14H2. The van der Waals surface area contributed by atoms with Crippen LogP contribution < -0.4 is 19.2 Å². The van der Waals surface area contributed by atoms with Crippen molar-refractivity contribution in [2.75, 3.05) is 34.8 Å². The van der Waals surface area contributed by atoms with Crippen LogP contribution in [0.2, 0.25) is 0 Å². The molecule has 0 aromatic heterocycles. The Labute approximate surface area is 159 Å². The predicted octanol–water partition coefficient (Wildman–Crippen LogP) is 2.37. The molecule has 1 saturated heterocycles. The van der Waals surface area contributed by atoms with Crippen LogP contribution in [0, 0.1) is 5.82 Å². The van der Waals surface area contributed by atoms with Crippen LogP contribution in [0.4, 0.5) is 21.5 Å². The number of halogens is 1. The topological polar surface area (TPSA) is 64.7 Å². The van der Waals surface area contributed by atoms with Gasteiger partial charge in [0.15, 0.2) is 0 Å². The Hall–Kier alpha value is -2.16. The molecule has 0 spiro atoms. The van der Waals surface area contributed by atoms with E-state index in [1.54, 1.807) is 36.4 Å². The van der Waals surface area contributed by atoms with Crippen molar-refractivity contribution < 1.29 is 12.8 Å². The van der Waals surface area contributed by atoms with Crippen molar-refractivity contribution in [2.45, 2.75) is 18.9 Å². The second kappa shape index (κ2) is 7.46. The van der Waals surface area contributed by atoms with E-state index in [1.807, 2.05) is 0 Å². The summed E-state index contributed by atoms with van der Waals surface area (Å²) in [5.41, 5.74) is 1.09. The highest BCUT2D eigenvalue weighted by Gasteiger charge is 2.41. The first kappa shape index (κ1) is 18.2. The van der Waals surface area contributed by atoms with Gasteiger partial charge in [0.05, 0.1) is 17.1 Å². The van der Waals surface area contributed by atoms with Gasteiger partial charge in [0, 0.05) is 19.1 Å². The lowest BCUT2D eigenvalue weighted by Crippen LogP contribution is -2.44.